The maximum atomic E-state index is 10.6. The third-order valence-electron chi connectivity index (χ3n) is 5.49. The third-order valence-corrected chi connectivity index (χ3v) is 5.49. The van der Waals surface area contributed by atoms with Gasteiger partial charge in [-0.05, 0) is 23.3 Å². The Hall–Kier alpha value is -3.04. The highest BCUT2D eigenvalue weighted by Gasteiger charge is 2.44. The van der Waals surface area contributed by atoms with Crippen molar-refractivity contribution in [2.75, 3.05) is 12.3 Å². The number of nitrogens with two attached hydrogens (primary N) is 1. The van der Waals surface area contributed by atoms with Crippen molar-refractivity contribution in [3.63, 3.8) is 0 Å². The summed E-state index contributed by atoms with van der Waals surface area (Å²) in [6.45, 7) is -0.402. The normalized spacial score (nSPS) is 24.5. The molecule has 0 amide bonds. The molecule has 148 valence electrons. The van der Waals surface area contributed by atoms with Crippen molar-refractivity contribution in [1.82, 2.24) is 14.5 Å². The first-order chi connectivity index (χ1) is 14.1. The summed E-state index contributed by atoms with van der Waals surface area (Å²) in [4.78, 5) is 8.50. The number of aliphatic hydroxyl groups excluding tert-OH is 3. The molecule has 0 aliphatic carbocycles. The number of benzene rings is 2. The Morgan fingerprint density at radius 2 is 1.79 bits per heavy atom. The lowest BCUT2D eigenvalue weighted by atomic mass is 10.0. The van der Waals surface area contributed by atoms with E-state index >= 15 is 0 Å². The molecule has 1 saturated heterocycles. The number of aromatic nitrogens is 3. The molecule has 0 spiro atoms. The van der Waals surface area contributed by atoms with Crippen LogP contribution in [0.25, 0.3) is 33.1 Å². The molecule has 1 aliphatic heterocycles. The van der Waals surface area contributed by atoms with Gasteiger partial charge in [-0.3, -0.25) is 4.57 Å². The highest BCUT2D eigenvalue weighted by molar-refractivity contribution is 6.12. The zero-order valence-corrected chi connectivity index (χ0v) is 15.4. The van der Waals surface area contributed by atoms with E-state index in [9.17, 15) is 15.3 Å². The van der Waals surface area contributed by atoms with E-state index < -0.39 is 31.1 Å². The van der Waals surface area contributed by atoms with Crippen molar-refractivity contribution in [3.05, 3.63) is 54.9 Å². The highest BCUT2D eigenvalue weighted by atomic mass is 16.6. The molecule has 0 saturated carbocycles. The van der Waals surface area contributed by atoms with Gasteiger partial charge in [-0.2, -0.15) is 0 Å². The number of anilines is 1. The van der Waals surface area contributed by atoms with Gasteiger partial charge in [-0.15, -0.1) is 0 Å². The topological polar surface area (TPSA) is 127 Å². The van der Waals surface area contributed by atoms with Crippen molar-refractivity contribution in [1.29, 1.82) is 0 Å². The average molecular weight is 392 g/mol. The van der Waals surface area contributed by atoms with E-state index in [1.807, 2.05) is 48.5 Å². The van der Waals surface area contributed by atoms with Crippen LogP contribution in [0.3, 0.4) is 0 Å². The first-order valence-corrected chi connectivity index (χ1v) is 9.32. The van der Waals surface area contributed by atoms with Crippen LogP contribution < -0.4 is 5.73 Å². The van der Waals surface area contributed by atoms with Crippen LogP contribution in [0.15, 0.2) is 54.9 Å². The number of nitrogen functional groups attached to an aromatic ring is 1. The molecule has 2 aromatic carbocycles. The van der Waals surface area contributed by atoms with Crippen LogP contribution in [0.4, 0.5) is 5.82 Å². The number of fused-ring (bicyclic) bond motifs is 3. The van der Waals surface area contributed by atoms with Gasteiger partial charge in [0.05, 0.1) is 17.5 Å². The Balaban J connectivity index is 1.77. The van der Waals surface area contributed by atoms with Gasteiger partial charge in [0, 0.05) is 5.39 Å². The van der Waals surface area contributed by atoms with Crippen LogP contribution in [0, 0.1) is 0 Å². The Kier molecular flexibility index (Phi) is 4.21. The van der Waals surface area contributed by atoms with Crippen LogP contribution in [0.1, 0.15) is 6.23 Å². The van der Waals surface area contributed by atoms with Gasteiger partial charge in [-0.25, -0.2) is 9.97 Å². The van der Waals surface area contributed by atoms with Crippen LogP contribution >= 0.6 is 0 Å². The fourth-order valence-corrected chi connectivity index (χ4v) is 4.05. The fourth-order valence-electron chi connectivity index (χ4n) is 4.05. The second-order valence-electron chi connectivity index (χ2n) is 7.15. The monoisotopic (exact) mass is 392 g/mol. The van der Waals surface area contributed by atoms with E-state index in [0.29, 0.717) is 16.9 Å². The largest absolute Gasteiger partial charge is 0.394 e. The molecule has 0 radical (unpaired) electrons. The highest BCUT2D eigenvalue weighted by Crippen LogP contribution is 2.39. The van der Waals surface area contributed by atoms with Crippen LogP contribution in [0.2, 0.25) is 0 Å². The van der Waals surface area contributed by atoms with E-state index in [2.05, 4.69) is 9.97 Å². The second-order valence-corrected chi connectivity index (χ2v) is 7.15. The van der Waals surface area contributed by atoms with Crippen molar-refractivity contribution in [2.45, 2.75) is 24.5 Å². The molecule has 5 rings (SSSR count). The number of rotatable bonds is 3. The van der Waals surface area contributed by atoms with Crippen LogP contribution in [-0.4, -0.2) is 54.8 Å². The number of hydrogen-bond acceptors (Lipinski definition) is 7. The average Bonchev–Trinajstić information content (AvgIpc) is 3.23. The number of nitrogens with zero attached hydrogens (tertiary/aromatic N) is 3. The van der Waals surface area contributed by atoms with Crippen LogP contribution in [-0.2, 0) is 4.74 Å². The minimum atomic E-state index is -1.23. The van der Waals surface area contributed by atoms with E-state index in [-0.39, 0.29) is 0 Å². The van der Waals surface area contributed by atoms with Gasteiger partial charge >= 0.3 is 0 Å². The lowest BCUT2D eigenvalue weighted by Gasteiger charge is -2.18. The molecule has 2 aromatic heterocycles. The Morgan fingerprint density at radius 1 is 1.00 bits per heavy atom. The number of aliphatic hydroxyl groups is 3. The molecule has 4 aromatic rings. The molecule has 3 heterocycles. The summed E-state index contributed by atoms with van der Waals surface area (Å²) < 4.78 is 7.47. The van der Waals surface area contributed by atoms with Gasteiger partial charge in [-0.1, -0.05) is 36.4 Å². The van der Waals surface area contributed by atoms with Gasteiger partial charge in [0.25, 0.3) is 0 Å². The van der Waals surface area contributed by atoms with Crippen molar-refractivity contribution < 1.29 is 20.1 Å². The van der Waals surface area contributed by atoms with Crippen molar-refractivity contribution in [3.8, 4) is 11.1 Å². The molecule has 8 heteroatoms. The molecule has 0 unspecified atom stereocenters. The number of ether oxygens (including phenoxy) is 1. The molecule has 0 bridgehead atoms. The second kappa shape index (κ2) is 6.78. The smallest absolute Gasteiger partial charge is 0.165 e. The van der Waals surface area contributed by atoms with Gasteiger partial charge in [0.15, 0.2) is 6.23 Å². The standard InChI is InChI=1S/C21H20N4O4/c22-19-16-13-8-12(11-4-2-1-3-5-11)6-7-14(13)25(20(16)24-10-23-19)21-18(28)17(27)15(9-26)29-21/h1-8,10,15,17-18,21,26-28H,9H2,(H2,22,23,24)/t15-,17-,18-,21-/m1/s1. The molecule has 1 fully saturated rings. The maximum absolute atomic E-state index is 10.6. The van der Waals surface area contributed by atoms with Crippen molar-refractivity contribution >= 4 is 27.8 Å². The predicted molar refractivity (Wildman–Crippen MR) is 108 cm³/mol. The fraction of sp³-hybridized carbons (Fsp3) is 0.238. The first-order valence-electron chi connectivity index (χ1n) is 9.32. The summed E-state index contributed by atoms with van der Waals surface area (Å²) in [6, 6.07) is 15.8. The molecule has 8 nitrogen and oxygen atoms in total. The van der Waals surface area contributed by atoms with E-state index in [1.54, 1.807) is 4.57 Å². The van der Waals surface area contributed by atoms with Crippen LogP contribution in [0.5, 0.6) is 0 Å². The molecular formula is C21H20N4O4. The summed E-state index contributed by atoms with van der Waals surface area (Å²) in [5.74, 6) is 0.315. The molecule has 4 atom stereocenters. The Labute approximate surface area is 165 Å². The molecule has 5 N–H and O–H groups in total. The lowest BCUT2D eigenvalue weighted by Crippen LogP contribution is -2.33. The molecule has 1 aliphatic rings. The lowest BCUT2D eigenvalue weighted by molar-refractivity contribution is -0.0489. The zero-order chi connectivity index (χ0) is 20.1. The summed E-state index contributed by atoms with van der Waals surface area (Å²) in [5.41, 5.74) is 9.47. The van der Waals surface area contributed by atoms with Gasteiger partial charge in [0.2, 0.25) is 0 Å². The quantitative estimate of drug-likeness (QED) is 0.416. The summed E-state index contributed by atoms with van der Waals surface area (Å²) >= 11 is 0. The van der Waals surface area contributed by atoms with E-state index in [0.717, 1.165) is 22.0 Å². The van der Waals surface area contributed by atoms with E-state index in [4.69, 9.17) is 10.5 Å². The molecule has 29 heavy (non-hydrogen) atoms. The summed E-state index contributed by atoms with van der Waals surface area (Å²) in [6.07, 6.45) is -2.88. The Bertz CT molecular complexity index is 1190. The van der Waals surface area contributed by atoms with Gasteiger partial charge in [0.1, 0.15) is 36.1 Å². The summed E-state index contributed by atoms with van der Waals surface area (Å²) in [7, 11) is 0. The minimum absolute atomic E-state index is 0.315. The third kappa shape index (κ3) is 2.69. The minimum Gasteiger partial charge on any atom is -0.394 e. The zero-order valence-electron chi connectivity index (χ0n) is 15.4. The van der Waals surface area contributed by atoms with Gasteiger partial charge < -0.3 is 25.8 Å². The summed E-state index contributed by atoms with van der Waals surface area (Å²) in [5, 5.41) is 31.7. The Morgan fingerprint density at radius 3 is 2.52 bits per heavy atom. The number of hydrogen-bond donors (Lipinski definition) is 4. The SMILES string of the molecule is Nc1ncnc2c1c1cc(-c3ccccc3)ccc1n2[C@@H]1O[C@H](CO)[C@@H](O)[C@H]1O. The maximum Gasteiger partial charge on any atom is 0.165 e. The first kappa shape index (κ1) is 18.0. The van der Waals surface area contributed by atoms with E-state index in [1.165, 1.54) is 6.33 Å². The van der Waals surface area contributed by atoms with Crippen molar-refractivity contribution in [2.24, 2.45) is 0 Å². The molecular weight excluding hydrogens is 372 g/mol. The predicted octanol–water partition coefficient (Wildman–Crippen LogP) is 1.45.